The zero-order valence-corrected chi connectivity index (χ0v) is 3.60. The molecule has 0 saturated carbocycles. The fourth-order valence-electron chi connectivity index (χ4n) is 0.0373. The maximum absolute atomic E-state index is 6.47. The molecule has 6 heavy (non-hydrogen) atoms. The van der Waals surface area contributed by atoms with Crippen LogP contribution in [0.2, 0.25) is 0 Å². The van der Waals surface area contributed by atoms with Crippen LogP contribution in [-0.4, -0.2) is 12.3 Å². The minimum Gasteiger partial charge on any atom is -0.308 e. The molecule has 1 unspecified atom stereocenters. The van der Waals surface area contributed by atoms with Gasteiger partial charge in [-0.05, 0) is 0 Å². The van der Waals surface area contributed by atoms with Gasteiger partial charge in [-0.1, -0.05) is 0 Å². The summed E-state index contributed by atoms with van der Waals surface area (Å²) in [5.74, 6) is 0. The minimum atomic E-state index is -0.231. The Morgan fingerprint density at radius 2 is 2.50 bits per heavy atom. The molecule has 0 amide bonds. The number of hydrogen-bond donors (Lipinski definition) is 1. The summed E-state index contributed by atoms with van der Waals surface area (Å²) in [4.78, 5) is 3.01. The third-order valence-corrected chi connectivity index (χ3v) is 0.445. The van der Waals surface area contributed by atoms with E-state index >= 15 is 0 Å². The Morgan fingerprint density at radius 3 is 2.50 bits per heavy atom. The summed E-state index contributed by atoms with van der Waals surface area (Å²) in [6.07, 6.45) is 1.12. The first-order valence-electron chi connectivity index (χ1n) is 1.68. The molecule has 0 aliphatic carbocycles. The predicted molar refractivity (Wildman–Crippen MR) is 24.8 cm³/mol. The Labute approximate surface area is 37.1 Å². The lowest BCUT2D eigenvalue weighted by Crippen LogP contribution is -1.91. The average Bonchev–Trinajstić information content (AvgIpc) is 1.65. The van der Waals surface area contributed by atoms with E-state index in [0.29, 0.717) is 0 Å². The van der Waals surface area contributed by atoms with Gasteiger partial charge in [-0.3, -0.25) is 0 Å². The fraction of sp³-hybridized carbons (Fsp3) is 0.500. The van der Waals surface area contributed by atoms with Gasteiger partial charge >= 0.3 is 0 Å². The highest BCUT2D eigenvalue weighted by atomic mass is 14.7. The van der Waals surface area contributed by atoms with Crippen molar-refractivity contribution in [3.63, 3.8) is 0 Å². The van der Waals surface area contributed by atoms with Crippen molar-refractivity contribution in [1.82, 2.24) is 0 Å². The van der Waals surface area contributed by atoms with E-state index < -0.39 is 0 Å². The van der Waals surface area contributed by atoms with Crippen molar-refractivity contribution in [1.29, 1.82) is 5.41 Å². The van der Waals surface area contributed by atoms with Crippen LogP contribution >= 0.6 is 0 Å². The number of rotatable bonds is 1. The molecule has 0 saturated heterocycles. The minimum absolute atomic E-state index is 0.231. The Morgan fingerprint density at radius 1 is 2.00 bits per heavy atom. The highest BCUT2D eigenvalue weighted by Gasteiger charge is 1.90. The molecule has 0 radical (unpaired) electrons. The van der Waals surface area contributed by atoms with Crippen molar-refractivity contribution >= 4 is 6.21 Å². The molecule has 0 aromatic heterocycles. The van der Waals surface area contributed by atoms with Gasteiger partial charge in [-0.25, -0.2) is 6.57 Å². The first-order chi connectivity index (χ1) is 2.81. The Hall–Kier alpha value is -0.840. The highest BCUT2D eigenvalue weighted by Crippen LogP contribution is 1.77. The van der Waals surface area contributed by atoms with E-state index in [-0.39, 0.29) is 6.04 Å². The lowest BCUT2D eigenvalue weighted by Gasteiger charge is -1.77. The van der Waals surface area contributed by atoms with Gasteiger partial charge in [0.05, 0.1) is 6.21 Å². The second-order valence-corrected chi connectivity index (χ2v) is 1.04. The zero-order chi connectivity index (χ0) is 4.99. The monoisotopic (exact) mass is 82.1 g/mol. The number of nitrogens with zero attached hydrogens (tertiary/aromatic N) is 1. The van der Waals surface area contributed by atoms with Gasteiger partial charge in [0.1, 0.15) is 0 Å². The molecule has 1 N–H and O–H groups in total. The molecule has 0 heterocycles. The Bertz CT molecular complexity index is 80.0. The summed E-state index contributed by atoms with van der Waals surface area (Å²) < 4.78 is 0. The fourth-order valence-corrected chi connectivity index (χ4v) is 0.0373. The summed E-state index contributed by atoms with van der Waals surface area (Å²) >= 11 is 0. The maximum atomic E-state index is 6.47. The zero-order valence-electron chi connectivity index (χ0n) is 3.60. The number of nitrogens with one attached hydrogen (secondary N) is 1. The Balaban J connectivity index is 3.30. The van der Waals surface area contributed by atoms with E-state index in [4.69, 9.17) is 12.0 Å². The van der Waals surface area contributed by atoms with Crippen LogP contribution in [0.1, 0.15) is 6.92 Å². The van der Waals surface area contributed by atoms with Crippen LogP contribution in [0.15, 0.2) is 0 Å². The van der Waals surface area contributed by atoms with Gasteiger partial charge < -0.3 is 10.3 Å². The molecule has 0 aromatic carbocycles. The van der Waals surface area contributed by atoms with Crippen LogP contribution < -0.4 is 0 Å². The van der Waals surface area contributed by atoms with Crippen LogP contribution in [0, 0.1) is 12.0 Å². The smallest absolute Gasteiger partial charge is 0.255 e. The summed E-state index contributed by atoms with van der Waals surface area (Å²) in [5.41, 5.74) is 0. The summed E-state index contributed by atoms with van der Waals surface area (Å²) in [5, 5.41) is 6.47. The summed E-state index contributed by atoms with van der Waals surface area (Å²) in [7, 11) is 0. The molecule has 0 aromatic rings. The van der Waals surface area contributed by atoms with Crippen LogP contribution in [0.3, 0.4) is 0 Å². The summed E-state index contributed by atoms with van der Waals surface area (Å²) in [6, 6.07) is -0.231. The molecule has 1 atom stereocenters. The topological polar surface area (TPSA) is 28.2 Å². The van der Waals surface area contributed by atoms with E-state index in [1.807, 2.05) is 0 Å². The van der Waals surface area contributed by atoms with E-state index in [0.717, 1.165) is 6.21 Å². The second-order valence-electron chi connectivity index (χ2n) is 1.04. The van der Waals surface area contributed by atoms with Crippen molar-refractivity contribution in [2.24, 2.45) is 0 Å². The normalized spacial score (nSPS) is 12.0. The van der Waals surface area contributed by atoms with Crippen molar-refractivity contribution in [3.05, 3.63) is 11.4 Å². The standard InChI is InChI=1S/C4H6N2/c1-4(3-5)6-2/h3-5H,1H3. The lowest BCUT2D eigenvalue weighted by atomic mass is 10.4. The van der Waals surface area contributed by atoms with Crippen LogP contribution in [0.4, 0.5) is 0 Å². The first-order valence-corrected chi connectivity index (χ1v) is 1.68. The number of hydrogen-bond acceptors (Lipinski definition) is 1. The third kappa shape index (κ3) is 1.48. The van der Waals surface area contributed by atoms with Crippen molar-refractivity contribution < 1.29 is 0 Å². The molecule has 2 heteroatoms. The van der Waals surface area contributed by atoms with Crippen molar-refractivity contribution in [2.75, 3.05) is 0 Å². The van der Waals surface area contributed by atoms with Crippen LogP contribution in [0.25, 0.3) is 4.85 Å². The quantitative estimate of drug-likeness (QED) is 0.360. The van der Waals surface area contributed by atoms with Gasteiger partial charge in [-0.15, -0.1) is 0 Å². The van der Waals surface area contributed by atoms with Crippen LogP contribution in [-0.2, 0) is 0 Å². The molecule has 0 aliphatic rings. The van der Waals surface area contributed by atoms with Crippen molar-refractivity contribution in [2.45, 2.75) is 13.0 Å². The average molecular weight is 82.1 g/mol. The SMILES string of the molecule is [C-]#[N+]C(C)C=N. The molecule has 0 aliphatic heterocycles. The van der Waals surface area contributed by atoms with E-state index in [2.05, 4.69) is 4.85 Å². The molecular weight excluding hydrogens is 76.1 g/mol. The molecule has 0 spiro atoms. The third-order valence-electron chi connectivity index (χ3n) is 0.445. The molecular formula is C4H6N2. The van der Waals surface area contributed by atoms with E-state index in [1.54, 1.807) is 6.92 Å². The van der Waals surface area contributed by atoms with E-state index in [9.17, 15) is 0 Å². The first kappa shape index (κ1) is 5.16. The predicted octanol–water partition coefficient (Wildman–Crippen LogP) is 0.944. The van der Waals surface area contributed by atoms with Gasteiger partial charge in [0, 0.05) is 6.92 Å². The summed E-state index contributed by atoms with van der Waals surface area (Å²) in [6.45, 7) is 7.96. The van der Waals surface area contributed by atoms with E-state index in [1.165, 1.54) is 0 Å². The molecule has 0 bridgehead atoms. The maximum Gasteiger partial charge on any atom is 0.255 e. The van der Waals surface area contributed by atoms with Gasteiger partial charge in [0.2, 0.25) is 0 Å². The van der Waals surface area contributed by atoms with Gasteiger partial charge in [0.25, 0.3) is 6.04 Å². The van der Waals surface area contributed by atoms with Gasteiger partial charge in [0.15, 0.2) is 0 Å². The van der Waals surface area contributed by atoms with Crippen molar-refractivity contribution in [3.8, 4) is 0 Å². The molecule has 0 rings (SSSR count). The second kappa shape index (κ2) is 2.40. The highest BCUT2D eigenvalue weighted by molar-refractivity contribution is 5.62. The van der Waals surface area contributed by atoms with Crippen LogP contribution in [0.5, 0.6) is 0 Å². The molecule has 0 fully saturated rings. The Kier molecular flexibility index (Phi) is 2.06. The van der Waals surface area contributed by atoms with Gasteiger partial charge in [-0.2, -0.15) is 0 Å². The molecule has 32 valence electrons. The lowest BCUT2D eigenvalue weighted by molar-refractivity contribution is 1.16. The molecule has 2 nitrogen and oxygen atoms in total. The largest absolute Gasteiger partial charge is 0.308 e.